The molecule has 0 saturated heterocycles. The lowest BCUT2D eigenvalue weighted by Gasteiger charge is -2.15. The number of hydrogen-bond acceptors (Lipinski definition) is 2. The normalized spacial score (nSPS) is 14.1. The summed E-state index contributed by atoms with van der Waals surface area (Å²) in [5.41, 5.74) is 6.07. The summed E-state index contributed by atoms with van der Waals surface area (Å²) in [5, 5.41) is 0. The molecule has 4 rings (SSSR count). The van der Waals surface area contributed by atoms with Crippen LogP contribution in [0.1, 0.15) is 24.0 Å². The van der Waals surface area contributed by atoms with Gasteiger partial charge < -0.3 is 9.14 Å². The fourth-order valence-electron chi connectivity index (χ4n) is 3.18. The van der Waals surface area contributed by atoms with Gasteiger partial charge in [0.2, 0.25) is 0 Å². The van der Waals surface area contributed by atoms with Gasteiger partial charge >= 0.3 is 0 Å². The standard InChI is InChI=1S/C18H18N2O/c1-21-17-7-4-10-20-12-16(19-18(17)20)15-9-8-13-5-2-3-6-14(13)11-15/h4,7-12H,2-3,5-6H2,1H3. The predicted molar refractivity (Wildman–Crippen MR) is 83.8 cm³/mol. The Bertz CT molecular complexity index is 804. The molecule has 0 spiro atoms. The predicted octanol–water partition coefficient (Wildman–Crippen LogP) is 3.89. The molecule has 3 nitrogen and oxygen atoms in total. The Morgan fingerprint density at radius 2 is 1.95 bits per heavy atom. The smallest absolute Gasteiger partial charge is 0.180 e. The summed E-state index contributed by atoms with van der Waals surface area (Å²) in [5.74, 6) is 0.807. The number of benzene rings is 1. The van der Waals surface area contributed by atoms with E-state index in [4.69, 9.17) is 9.72 Å². The van der Waals surface area contributed by atoms with E-state index in [1.54, 1.807) is 7.11 Å². The molecule has 0 amide bonds. The highest BCUT2D eigenvalue weighted by molar-refractivity contribution is 5.67. The molecule has 1 aromatic carbocycles. The molecular weight excluding hydrogens is 260 g/mol. The van der Waals surface area contributed by atoms with E-state index in [1.165, 1.54) is 42.4 Å². The van der Waals surface area contributed by atoms with Gasteiger partial charge in [0.1, 0.15) is 0 Å². The first-order valence-electron chi connectivity index (χ1n) is 7.49. The summed E-state index contributed by atoms with van der Waals surface area (Å²) in [6.07, 6.45) is 9.11. The number of methoxy groups -OCH3 is 1. The maximum atomic E-state index is 5.38. The van der Waals surface area contributed by atoms with E-state index in [2.05, 4.69) is 24.4 Å². The monoisotopic (exact) mass is 278 g/mol. The van der Waals surface area contributed by atoms with Crippen LogP contribution >= 0.6 is 0 Å². The van der Waals surface area contributed by atoms with Crippen LogP contribution in [-0.4, -0.2) is 16.5 Å². The summed E-state index contributed by atoms with van der Waals surface area (Å²) in [7, 11) is 1.68. The first kappa shape index (κ1) is 12.5. The quantitative estimate of drug-likeness (QED) is 0.711. The molecule has 1 aliphatic rings. The fourth-order valence-corrected chi connectivity index (χ4v) is 3.18. The van der Waals surface area contributed by atoms with Gasteiger partial charge in [0.25, 0.3) is 0 Å². The van der Waals surface area contributed by atoms with Crippen LogP contribution < -0.4 is 4.74 Å². The van der Waals surface area contributed by atoms with Gasteiger partial charge in [0.15, 0.2) is 11.4 Å². The average molecular weight is 278 g/mol. The van der Waals surface area contributed by atoms with Crippen molar-refractivity contribution in [2.24, 2.45) is 0 Å². The lowest BCUT2D eigenvalue weighted by atomic mass is 9.90. The largest absolute Gasteiger partial charge is 0.493 e. The number of rotatable bonds is 2. The third kappa shape index (κ3) is 2.09. The first-order valence-corrected chi connectivity index (χ1v) is 7.49. The molecule has 0 aliphatic heterocycles. The molecule has 1 aliphatic carbocycles. The van der Waals surface area contributed by atoms with Crippen LogP contribution in [0.3, 0.4) is 0 Å². The second-order valence-electron chi connectivity index (χ2n) is 5.62. The van der Waals surface area contributed by atoms with Crippen molar-refractivity contribution in [3.8, 4) is 17.0 Å². The summed E-state index contributed by atoms with van der Waals surface area (Å²) in [6, 6.07) is 10.7. The third-order valence-electron chi connectivity index (χ3n) is 4.31. The molecule has 21 heavy (non-hydrogen) atoms. The van der Waals surface area contributed by atoms with E-state index in [-0.39, 0.29) is 0 Å². The molecule has 0 N–H and O–H groups in total. The highest BCUT2D eigenvalue weighted by Gasteiger charge is 2.12. The van der Waals surface area contributed by atoms with Gasteiger partial charge in [0.05, 0.1) is 12.8 Å². The van der Waals surface area contributed by atoms with Crippen LogP contribution in [-0.2, 0) is 12.8 Å². The third-order valence-corrected chi connectivity index (χ3v) is 4.31. The van der Waals surface area contributed by atoms with Crippen LogP contribution in [0, 0.1) is 0 Å². The first-order chi connectivity index (χ1) is 10.3. The van der Waals surface area contributed by atoms with Gasteiger partial charge in [-0.3, -0.25) is 0 Å². The molecule has 0 radical (unpaired) electrons. The van der Waals surface area contributed by atoms with Crippen LogP contribution in [0.5, 0.6) is 5.75 Å². The summed E-state index contributed by atoms with van der Waals surface area (Å²) in [4.78, 5) is 4.74. The zero-order valence-electron chi connectivity index (χ0n) is 12.2. The number of pyridine rings is 1. The van der Waals surface area contributed by atoms with Crippen molar-refractivity contribution < 1.29 is 4.74 Å². The van der Waals surface area contributed by atoms with Crippen molar-refractivity contribution in [2.75, 3.05) is 7.11 Å². The number of ether oxygens (including phenoxy) is 1. The summed E-state index contributed by atoms with van der Waals surface area (Å²) in [6.45, 7) is 0. The van der Waals surface area contributed by atoms with Crippen molar-refractivity contribution >= 4 is 5.65 Å². The van der Waals surface area contributed by atoms with E-state index in [9.17, 15) is 0 Å². The van der Waals surface area contributed by atoms with Crippen LogP contribution in [0.15, 0.2) is 42.7 Å². The van der Waals surface area contributed by atoms with E-state index in [1.807, 2.05) is 22.7 Å². The number of aryl methyl sites for hydroxylation is 2. The SMILES string of the molecule is COc1cccn2cc(-c3ccc4c(c3)CCCC4)nc12. The van der Waals surface area contributed by atoms with E-state index in [0.29, 0.717) is 0 Å². The van der Waals surface area contributed by atoms with E-state index < -0.39 is 0 Å². The van der Waals surface area contributed by atoms with Crippen molar-refractivity contribution in [2.45, 2.75) is 25.7 Å². The van der Waals surface area contributed by atoms with Gasteiger partial charge in [0, 0.05) is 18.0 Å². The Labute approximate surface area is 124 Å². The zero-order valence-corrected chi connectivity index (χ0v) is 12.2. The number of nitrogens with zero attached hydrogens (tertiary/aromatic N) is 2. The Morgan fingerprint density at radius 3 is 2.81 bits per heavy atom. The molecule has 3 aromatic rings. The average Bonchev–Trinajstić information content (AvgIpc) is 2.98. The lowest BCUT2D eigenvalue weighted by molar-refractivity contribution is 0.417. The summed E-state index contributed by atoms with van der Waals surface area (Å²) >= 11 is 0. The molecule has 0 atom stereocenters. The minimum Gasteiger partial charge on any atom is -0.493 e. The van der Waals surface area contributed by atoms with Crippen molar-refractivity contribution in [1.29, 1.82) is 0 Å². The minimum atomic E-state index is 0.807. The molecular formula is C18H18N2O. The molecule has 0 saturated carbocycles. The van der Waals surface area contributed by atoms with Crippen molar-refractivity contribution in [3.63, 3.8) is 0 Å². The maximum absolute atomic E-state index is 5.38. The molecule has 0 unspecified atom stereocenters. The fraction of sp³-hybridized carbons (Fsp3) is 0.278. The van der Waals surface area contributed by atoms with Crippen LogP contribution in [0.2, 0.25) is 0 Å². The molecule has 2 aromatic heterocycles. The van der Waals surface area contributed by atoms with Gasteiger partial charge in [-0.1, -0.05) is 12.1 Å². The molecule has 2 heterocycles. The highest BCUT2D eigenvalue weighted by atomic mass is 16.5. The number of aromatic nitrogens is 2. The molecule has 3 heteroatoms. The number of hydrogen-bond donors (Lipinski definition) is 0. The van der Waals surface area contributed by atoms with Crippen LogP contribution in [0.25, 0.3) is 16.9 Å². The van der Waals surface area contributed by atoms with Crippen molar-refractivity contribution in [3.05, 3.63) is 53.9 Å². The highest BCUT2D eigenvalue weighted by Crippen LogP contribution is 2.28. The number of fused-ring (bicyclic) bond motifs is 2. The maximum Gasteiger partial charge on any atom is 0.180 e. The van der Waals surface area contributed by atoms with E-state index in [0.717, 1.165) is 17.1 Å². The summed E-state index contributed by atoms with van der Waals surface area (Å²) < 4.78 is 7.41. The van der Waals surface area contributed by atoms with Gasteiger partial charge in [-0.25, -0.2) is 4.98 Å². The Morgan fingerprint density at radius 1 is 1.10 bits per heavy atom. The Balaban J connectivity index is 1.83. The van der Waals surface area contributed by atoms with Gasteiger partial charge in [-0.15, -0.1) is 0 Å². The number of imidazole rings is 1. The molecule has 0 fully saturated rings. The molecule has 106 valence electrons. The second kappa shape index (κ2) is 4.92. The zero-order chi connectivity index (χ0) is 14.2. The minimum absolute atomic E-state index is 0.807. The topological polar surface area (TPSA) is 26.5 Å². The van der Waals surface area contributed by atoms with Crippen molar-refractivity contribution in [1.82, 2.24) is 9.38 Å². The van der Waals surface area contributed by atoms with Gasteiger partial charge in [-0.05, 0) is 55.0 Å². The Hall–Kier alpha value is -2.29. The lowest BCUT2D eigenvalue weighted by Crippen LogP contribution is -2.02. The molecule has 0 bridgehead atoms. The van der Waals surface area contributed by atoms with Crippen LogP contribution in [0.4, 0.5) is 0 Å². The Kier molecular flexibility index (Phi) is 2.92. The second-order valence-corrected chi connectivity index (χ2v) is 5.62. The van der Waals surface area contributed by atoms with E-state index >= 15 is 0 Å². The van der Waals surface area contributed by atoms with Gasteiger partial charge in [-0.2, -0.15) is 0 Å².